The molecule has 1 unspecified atom stereocenters. The van der Waals surface area contributed by atoms with Gasteiger partial charge in [-0.15, -0.1) is 0 Å². The second-order valence-corrected chi connectivity index (χ2v) is 5.70. The summed E-state index contributed by atoms with van der Waals surface area (Å²) < 4.78 is 5.40. The molecule has 1 saturated carbocycles. The van der Waals surface area contributed by atoms with E-state index in [1.807, 2.05) is 0 Å². The number of rotatable bonds is 2. The molecule has 2 rings (SSSR count). The summed E-state index contributed by atoms with van der Waals surface area (Å²) in [4.78, 5) is 0. The van der Waals surface area contributed by atoms with Crippen LogP contribution in [0.1, 0.15) is 45.4 Å². The van der Waals surface area contributed by atoms with Crippen molar-refractivity contribution >= 4 is 17.3 Å². The van der Waals surface area contributed by atoms with Crippen LogP contribution < -0.4 is 10.6 Å². The largest absolute Gasteiger partial charge is 0.379 e. The normalized spacial score (nSPS) is 31.3. The first-order chi connectivity index (χ1) is 7.68. The second-order valence-electron chi connectivity index (χ2n) is 5.30. The molecule has 0 aromatic rings. The van der Waals surface area contributed by atoms with Crippen LogP contribution in [0.2, 0.25) is 0 Å². The standard InChI is InChI=1S/C12H22N2OS/c1-12(7-8-15-9-12)14-11(16)13-10-5-3-2-4-6-10/h10H,2-9H2,1H3,(H2,13,14,16). The fraction of sp³-hybridized carbons (Fsp3) is 0.917. The Hall–Kier alpha value is -0.350. The minimum absolute atomic E-state index is 0.0404. The van der Waals surface area contributed by atoms with E-state index in [1.54, 1.807) is 0 Å². The van der Waals surface area contributed by atoms with Crippen molar-refractivity contribution in [1.82, 2.24) is 10.6 Å². The number of hydrogen-bond donors (Lipinski definition) is 2. The van der Waals surface area contributed by atoms with Crippen LogP contribution >= 0.6 is 12.2 Å². The molecule has 2 aliphatic rings. The van der Waals surface area contributed by atoms with Crippen LogP contribution in [0, 0.1) is 0 Å². The molecule has 2 N–H and O–H groups in total. The lowest BCUT2D eigenvalue weighted by molar-refractivity contribution is 0.177. The Balaban J connectivity index is 1.74. The van der Waals surface area contributed by atoms with E-state index in [0.717, 1.165) is 24.7 Å². The Morgan fingerprint density at radius 2 is 2.06 bits per heavy atom. The topological polar surface area (TPSA) is 33.3 Å². The van der Waals surface area contributed by atoms with Gasteiger partial charge in [0.05, 0.1) is 12.1 Å². The maximum absolute atomic E-state index is 5.40. The van der Waals surface area contributed by atoms with Crippen LogP contribution in [0.5, 0.6) is 0 Å². The van der Waals surface area contributed by atoms with Gasteiger partial charge in [-0.05, 0) is 38.4 Å². The van der Waals surface area contributed by atoms with Gasteiger partial charge in [0.25, 0.3) is 0 Å². The first kappa shape index (κ1) is 12.1. The van der Waals surface area contributed by atoms with Crippen LogP contribution in [0.25, 0.3) is 0 Å². The molecule has 0 amide bonds. The minimum atomic E-state index is 0.0404. The van der Waals surface area contributed by atoms with Crippen LogP contribution in [0.15, 0.2) is 0 Å². The van der Waals surface area contributed by atoms with Crippen LogP contribution in [-0.2, 0) is 4.74 Å². The molecule has 1 heterocycles. The smallest absolute Gasteiger partial charge is 0.167 e. The van der Waals surface area contributed by atoms with Gasteiger partial charge in [0, 0.05) is 12.6 Å². The Morgan fingerprint density at radius 3 is 2.69 bits per heavy atom. The summed E-state index contributed by atoms with van der Waals surface area (Å²) in [6, 6.07) is 0.583. The maximum atomic E-state index is 5.40. The molecule has 1 atom stereocenters. The Morgan fingerprint density at radius 1 is 1.31 bits per heavy atom. The van der Waals surface area contributed by atoms with Gasteiger partial charge in [0.2, 0.25) is 0 Å². The summed E-state index contributed by atoms with van der Waals surface area (Å²) in [6.07, 6.45) is 7.61. The molecule has 2 fully saturated rings. The Kier molecular flexibility index (Phi) is 4.03. The lowest BCUT2D eigenvalue weighted by Crippen LogP contribution is -2.52. The quantitative estimate of drug-likeness (QED) is 0.725. The van der Waals surface area contributed by atoms with Crippen molar-refractivity contribution in [3.05, 3.63) is 0 Å². The molecule has 16 heavy (non-hydrogen) atoms. The first-order valence-corrected chi connectivity index (χ1v) is 6.75. The Bertz CT molecular complexity index is 245. The summed E-state index contributed by atoms with van der Waals surface area (Å²) in [7, 11) is 0. The number of hydrogen-bond acceptors (Lipinski definition) is 2. The highest BCUT2D eigenvalue weighted by Gasteiger charge is 2.30. The third-order valence-corrected chi connectivity index (χ3v) is 3.79. The molecule has 0 aromatic carbocycles. The average Bonchev–Trinajstić information content (AvgIpc) is 2.66. The zero-order valence-electron chi connectivity index (χ0n) is 10.1. The van der Waals surface area contributed by atoms with Crippen molar-refractivity contribution in [3.8, 4) is 0 Å². The maximum Gasteiger partial charge on any atom is 0.167 e. The highest BCUT2D eigenvalue weighted by Crippen LogP contribution is 2.19. The van der Waals surface area contributed by atoms with Gasteiger partial charge in [-0.1, -0.05) is 19.3 Å². The zero-order valence-corrected chi connectivity index (χ0v) is 10.9. The summed E-state index contributed by atoms with van der Waals surface area (Å²) in [5.74, 6) is 0. The van der Waals surface area contributed by atoms with Gasteiger partial charge in [-0.25, -0.2) is 0 Å². The fourth-order valence-corrected chi connectivity index (χ4v) is 2.92. The average molecular weight is 242 g/mol. The van der Waals surface area contributed by atoms with Crippen molar-refractivity contribution in [2.75, 3.05) is 13.2 Å². The van der Waals surface area contributed by atoms with Crippen LogP contribution in [0.3, 0.4) is 0 Å². The van der Waals surface area contributed by atoms with Gasteiger partial charge in [0.15, 0.2) is 5.11 Å². The zero-order chi connectivity index (χ0) is 11.4. The first-order valence-electron chi connectivity index (χ1n) is 6.34. The summed E-state index contributed by atoms with van der Waals surface area (Å²) >= 11 is 5.37. The van der Waals surface area contributed by atoms with E-state index in [4.69, 9.17) is 17.0 Å². The van der Waals surface area contributed by atoms with Crippen molar-refractivity contribution in [1.29, 1.82) is 0 Å². The Labute approximate surface area is 103 Å². The van der Waals surface area contributed by atoms with Crippen LogP contribution in [-0.4, -0.2) is 29.9 Å². The molecule has 0 bridgehead atoms. The molecular formula is C12H22N2OS. The van der Waals surface area contributed by atoms with Gasteiger partial charge in [-0.3, -0.25) is 0 Å². The summed E-state index contributed by atoms with van der Waals surface area (Å²) in [6.45, 7) is 3.78. The predicted molar refractivity (Wildman–Crippen MR) is 69.6 cm³/mol. The molecule has 0 radical (unpaired) electrons. The third-order valence-electron chi connectivity index (χ3n) is 3.57. The van der Waals surface area contributed by atoms with Crippen molar-refractivity contribution in [3.63, 3.8) is 0 Å². The molecular weight excluding hydrogens is 220 g/mol. The third kappa shape index (κ3) is 3.32. The molecule has 1 saturated heterocycles. The molecule has 0 spiro atoms. The molecule has 4 heteroatoms. The van der Waals surface area contributed by atoms with E-state index in [9.17, 15) is 0 Å². The summed E-state index contributed by atoms with van der Waals surface area (Å²) in [5.41, 5.74) is 0.0404. The minimum Gasteiger partial charge on any atom is -0.379 e. The van der Waals surface area contributed by atoms with E-state index in [-0.39, 0.29) is 5.54 Å². The van der Waals surface area contributed by atoms with Crippen LogP contribution in [0.4, 0.5) is 0 Å². The van der Waals surface area contributed by atoms with Crippen molar-refractivity contribution < 1.29 is 4.74 Å². The highest BCUT2D eigenvalue weighted by atomic mass is 32.1. The van der Waals surface area contributed by atoms with Gasteiger partial charge in [-0.2, -0.15) is 0 Å². The fourth-order valence-electron chi connectivity index (χ4n) is 2.51. The molecule has 0 aromatic heterocycles. The predicted octanol–water partition coefficient (Wildman–Crippen LogP) is 1.96. The monoisotopic (exact) mass is 242 g/mol. The highest BCUT2D eigenvalue weighted by molar-refractivity contribution is 7.80. The molecule has 3 nitrogen and oxygen atoms in total. The van der Waals surface area contributed by atoms with E-state index in [0.29, 0.717) is 6.04 Å². The van der Waals surface area contributed by atoms with E-state index in [2.05, 4.69) is 17.6 Å². The van der Waals surface area contributed by atoms with Gasteiger partial charge in [0.1, 0.15) is 0 Å². The van der Waals surface area contributed by atoms with Gasteiger partial charge >= 0.3 is 0 Å². The summed E-state index contributed by atoms with van der Waals surface area (Å²) in [5, 5.41) is 7.64. The van der Waals surface area contributed by atoms with E-state index < -0.39 is 0 Å². The molecule has 1 aliphatic carbocycles. The van der Waals surface area contributed by atoms with E-state index in [1.165, 1.54) is 32.1 Å². The van der Waals surface area contributed by atoms with Gasteiger partial charge < -0.3 is 15.4 Å². The lowest BCUT2D eigenvalue weighted by Gasteiger charge is -2.29. The lowest BCUT2D eigenvalue weighted by atomic mass is 9.95. The van der Waals surface area contributed by atoms with E-state index >= 15 is 0 Å². The molecule has 1 aliphatic heterocycles. The second kappa shape index (κ2) is 5.32. The van der Waals surface area contributed by atoms with Crippen molar-refractivity contribution in [2.45, 2.75) is 57.0 Å². The SMILES string of the molecule is CC1(NC(=S)NC2CCCCC2)CCOC1. The molecule has 92 valence electrons. The van der Waals surface area contributed by atoms with Crippen molar-refractivity contribution in [2.24, 2.45) is 0 Å². The number of nitrogens with one attached hydrogen (secondary N) is 2. The number of thiocarbonyl (C=S) groups is 1. The number of ether oxygens (including phenoxy) is 1.